The number of hydrogen-bond donors (Lipinski definition) is 0. The van der Waals surface area contributed by atoms with Gasteiger partial charge in [0.1, 0.15) is 11.9 Å². The summed E-state index contributed by atoms with van der Waals surface area (Å²) in [5, 5.41) is 0. The van der Waals surface area contributed by atoms with Crippen LogP contribution in [-0.2, 0) is 9.47 Å². The van der Waals surface area contributed by atoms with Gasteiger partial charge in [0, 0.05) is 13.1 Å². The lowest BCUT2D eigenvalue weighted by Crippen LogP contribution is -2.47. The molecule has 0 N–H and O–H groups in total. The summed E-state index contributed by atoms with van der Waals surface area (Å²) in [4.78, 5) is 16.5. The first-order valence-corrected chi connectivity index (χ1v) is 7.80. The Labute approximate surface area is 131 Å². The van der Waals surface area contributed by atoms with Crippen molar-refractivity contribution in [1.82, 2.24) is 9.80 Å². The third-order valence-electron chi connectivity index (χ3n) is 4.31. The fourth-order valence-corrected chi connectivity index (χ4v) is 3.30. The Kier molecular flexibility index (Phi) is 4.52. The van der Waals surface area contributed by atoms with Gasteiger partial charge in [-0.25, -0.2) is 0 Å². The molecule has 2 aliphatic heterocycles. The number of amides is 1. The van der Waals surface area contributed by atoms with Crippen LogP contribution in [0.15, 0.2) is 23.0 Å². The average Bonchev–Trinajstić information content (AvgIpc) is 3.07. The second kappa shape index (κ2) is 6.40. The van der Waals surface area contributed by atoms with Crippen molar-refractivity contribution in [3.63, 3.8) is 0 Å². The second-order valence-corrected chi connectivity index (χ2v) is 6.52. The summed E-state index contributed by atoms with van der Waals surface area (Å²) in [7, 11) is 4.10. The summed E-state index contributed by atoms with van der Waals surface area (Å²) in [5.74, 6) is -0.0155. The Morgan fingerprint density at radius 3 is 3.09 bits per heavy atom. The molecule has 0 saturated carbocycles. The molecule has 6 heteroatoms. The van der Waals surface area contributed by atoms with Gasteiger partial charge < -0.3 is 23.7 Å². The minimum Gasteiger partial charge on any atom is -0.472 e. The minimum absolute atomic E-state index is 0.0155. The lowest BCUT2D eigenvalue weighted by atomic mass is 10.00. The molecule has 1 spiro atoms. The van der Waals surface area contributed by atoms with E-state index in [1.165, 1.54) is 12.5 Å². The molecule has 0 aromatic carbocycles. The van der Waals surface area contributed by atoms with E-state index in [-0.39, 0.29) is 17.6 Å². The van der Waals surface area contributed by atoms with Crippen molar-refractivity contribution in [2.45, 2.75) is 24.5 Å². The second-order valence-electron chi connectivity index (χ2n) is 6.52. The fraction of sp³-hybridized carbons (Fsp3) is 0.688. The lowest BCUT2D eigenvalue weighted by Gasteiger charge is -2.32. The van der Waals surface area contributed by atoms with E-state index in [2.05, 4.69) is 4.90 Å². The number of likely N-dealkylation sites (N-methyl/N-ethyl adjacent to an activating group) is 1. The lowest BCUT2D eigenvalue weighted by molar-refractivity contribution is -0.0878. The number of nitrogens with zero attached hydrogens (tertiary/aromatic N) is 2. The van der Waals surface area contributed by atoms with Crippen LogP contribution < -0.4 is 0 Å². The first kappa shape index (κ1) is 15.5. The molecule has 0 unspecified atom stereocenters. The molecule has 2 atom stereocenters. The molecule has 6 nitrogen and oxygen atoms in total. The summed E-state index contributed by atoms with van der Waals surface area (Å²) in [6.45, 7) is 3.19. The van der Waals surface area contributed by atoms with Gasteiger partial charge in [0.2, 0.25) is 0 Å². The molecule has 22 heavy (non-hydrogen) atoms. The highest BCUT2D eigenvalue weighted by Gasteiger charge is 2.44. The maximum atomic E-state index is 12.6. The van der Waals surface area contributed by atoms with E-state index in [1.807, 2.05) is 19.0 Å². The Morgan fingerprint density at radius 1 is 1.50 bits per heavy atom. The molecular weight excluding hydrogens is 284 g/mol. The number of carbonyl (C=O) groups excluding carboxylic acids is 1. The van der Waals surface area contributed by atoms with Crippen LogP contribution in [0.5, 0.6) is 0 Å². The van der Waals surface area contributed by atoms with Gasteiger partial charge in [0.05, 0.1) is 37.7 Å². The molecular formula is C16H24N2O4. The smallest absolute Gasteiger partial charge is 0.257 e. The van der Waals surface area contributed by atoms with Crippen LogP contribution in [0.4, 0.5) is 0 Å². The van der Waals surface area contributed by atoms with E-state index in [0.717, 1.165) is 19.4 Å². The van der Waals surface area contributed by atoms with Crippen molar-refractivity contribution < 1.29 is 18.7 Å². The highest BCUT2D eigenvalue weighted by molar-refractivity contribution is 5.93. The topological polar surface area (TPSA) is 55.2 Å². The molecule has 1 amide bonds. The molecule has 0 aliphatic carbocycles. The SMILES string of the molecule is CN(C)C[C@@H]1CC[C@@]2(COCCN(C(=O)c3ccoc3)C2)O1. The number of rotatable bonds is 3. The quantitative estimate of drug-likeness (QED) is 0.841. The van der Waals surface area contributed by atoms with Crippen LogP contribution in [0.2, 0.25) is 0 Å². The third-order valence-corrected chi connectivity index (χ3v) is 4.31. The summed E-state index contributed by atoms with van der Waals surface area (Å²) in [6.07, 6.45) is 5.17. The maximum Gasteiger partial charge on any atom is 0.257 e. The molecule has 2 aliphatic rings. The summed E-state index contributed by atoms with van der Waals surface area (Å²) in [6, 6.07) is 1.70. The van der Waals surface area contributed by atoms with E-state index in [4.69, 9.17) is 13.9 Å². The molecule has 1 aromatic rings. The first-order chi connectivity index (χ1) is 10.6. The zero-order valence-electron chi connectivity index (χ0n) is 13.3. The monoisotopic (exact) mass is 308 g/mol. The minimum atomic E-state index is -0.365. The predicted molar refractivity (Wildman–Crippen MR) is 80.8 cm³/mol. The summed E-state index contributed by atoms with van der Waals surface area (Å²) < 4.78 is 17.0. The molecule has 0 bridgehead atoms. The third kappa shape index (κ3) is 3.34. The van der Waals surface area contributed by atoms with Crippen molar-refractivity contribution in [2.24, 2.45) is 0 Å². The van der Waals surface area contributed by atoms with Gasteiger partial charge in [-0.3, -0.25) is 4.79 Å². The number of carbonyl (C=O) groups is 1. The number of ether oxygens (including phenoxy) is 2. The van der Waals surface area contributed by atoms with Crippen molar-refractivity contribution in [3.05, 3.63) is 24.2 Å². The van der Waals surface area contributed by atoms with Gasteiger partial charge >= 0.3 is 0 Å². The molecule has 122 valence electrons. The van der Waals surface area contributed by atoms with Crippen LogP contribution >= 0.6 is 0 Å². The zero-order valence-corrected chi connectivity index (χ0v) is 13.3. The van der Waals surface area contributed by atoms with Gasteiger partial charge in [-0.15, -0.1) is 0 Å². The van der Waals surface area contributed by atoms with Gasteiger partial charge in [-0.1, -0.05) is 0 Å². The Balaban J connectivity index is 1.69. The van der Waals surface area contributed by atoms with Crippen LogP contribution in [0.25, 0.3) is 0 Å². The van der Waals surface area contributed by atoms with E-state index >= 15 is 0 Å². The number of furan rings is 1. The van der Waals surface area contributed by atoms with Crippen LogP contribution in [-0.4, -0.2) is 74.4 Å². The van der Waals surface area contributed by atoms with Crippen molar-refractivity contribution in [3.8, 4) is 0 Å². The van der Waals surface area contributed by atoms with E-state index in [9.17, 15) is 4.79 Å². The molecule has 0 radical (unpaired) electrons. The van der Waals surface area contributed by atoms with Crippen molar-refractivity contribution in [2.75, 3.05) is 46.9 Å². The standard InChI is InChI=1S/C16H24N2O4/c1-17(2)9-14-3-5-16(22-14)11-18(6-8-21-12-16)15(19)13-4-7-20-10-13/h4,7,10,14H,3,5-6,8-9,11-12H2,1-2H3/t14-,16+/m0/s1. The molecule has 3 rings (SSSR count). The van der Waals surface area contributed by atoms with Crippen molar-refractivity contribution >= 4 is 5.91 Å². The van der Waals surface area contributed by atoms with Gasteiger partial charge in [0.15, 0.2) is 0 Å². The highest BCUT2D eigenvalue weighted by atomic mass is 16.6. The fourth-order valence-electron chi connectivity index (χ4n) is 3.30. The predicted octanol–water partition coefficient (Wildman–Crippen LogP) is 1.23. The van der Waals surface area contributed by atoms with Gasteiger partial charge in [-0.2, -0.15) is 0 Å². The Bertz CT molecular complexity index is 502. The maximum absolute atomic E-state index is 12.6. The Morgan fingerprint density at radius 2 is 2.36 bits per heavy atom. The highest BCUT2D eigenvalue weighted by Crippen LogP contribution is 2.33. The van der Waals surface area contributed by atoms with Crippen LogP contribution in [0.3, 0.4) is 0 Å². The van der Waals surface area contributed by atoms with Gasteiger partial charge in [0.25, 0.3) is 5.91 Å². The van der Waals surface area contributed by atoms with Crippen LogP contribution in [0.1, 0.15) is 23.2 Å². The van der Waals surface area contributed by atoms with E-state index in [1.54, 1.807) is 6.07 Å². The first-order valence-electron chi connectivity index (χ1n) is 7.80. The van der Waals surface area contributed by atoms with E-state index in [0.29, 0.717) is 31.9 Å². The summed E-state index contributed by atoms with van der Waals surface area (Å²) in [5.41, 5.74) is 0.219. The summed E-state index contributed by atoms with van der Waals surface area (Å²) >= 11 is 0. The molecule has 3 heterocycles. The zero-order chi connectivity index (χ0) is 15.6. The molecule has 2 saturated heterocycles. The number of hydrogen-bond acceptors (Lipinski definition) is 5. The van der Waals surface area contributed by atoms with Crippen LogP contribution in [0, 0.1) is 0 Å². The van der Waals surface area contributed by atoms with E-state index < -0.39 is 0 Å². The molecule has 1 aromatic heterocycles. The van der Waals surface area contributed by atoms with Crippen molar-refractivity contribution in [1.29, 1.82) is 0 Å². The van der Waals surface area contributed by atoms with Gasteiger partial charge in [-0.05, 0) is 33.0 Å². The molecule has 2 fully saturated rings. The Hall–Kier alpha value is -1.37. The average molecular weight is 308 g/mol. The normalized spacial score (nSPS) is 29.2. The largest absolute Gasteiger partial charge is 0.472 e.